The number of methoxy groups -OCH3 is 1. The van der Waals surface area contributed by atoms with Crippen molar-refractivity contribution in [3.8, 4) is 5.75 Å². The average Bonchev–Trinajstić information content (AvgIpc) is 3.16. The van der Waals surface area contributed by atoms with Crippen LogP contribution in [0.4, 0.5) is 0 Å². The van der Waals surface area contributed by atoms with E-state index in [1.807, 2.05) is 47.4 Å². The fourth-order valence-corrected chi connectivity index (χ4v) is 3.83. The van der Waals surface area contributed by atoms with Crippen LogP contribution in [0.15, 0.2) is 60.8 Å². The maximum Gasteiger partial charge on any atom is 0.246 e. The van der Waals surface area contributed by atoms with Crippen LogP contribution < -0.4 is 4.74 Å². The Morgan fingerprint density at radius 2 is 1.93 bits per heavy atom. The minimum Gasteiger partial charge on any atom is -0.497 e. The summed E-state index contributed by atoms with van der Waals surface area (Å²) in [6.45, 7) is 1.58. The highest BCUT2D eigenvalue weighted by Gasteiger charge is 2.24. The summed E-state index contributed by atoms with van der Waals surface area (Å²) in [7, 11) is 1.69. The Bertz CT molecular complexity index is 951. The van der Waals surface area contributed by atoms with Crippen molar-refractivity contribution in [3.63, 3.8) is 0 Å². The molecule has 3 aromatic rings. The lowest BCUT2D eigenvalue weighted by Gasteiger charge is -2.31. The van der Waals surface area contributed by atoms with Gasteiger partial charge in [-0.2, -0.15) is 0 Å². The van der Waals surface area contributed by atoms with Crippen LogP contribution in [0, 0.1) is 0 Å². The third kappa shape index (κ3) is 3.75. The number of benzene rings is 2. The number of hydrogen-bond acceptors (Lipinski definition) is 2. The minimum atomic E-state index is 0.0953. The molecule has 0 saturated carbocycles. The smallest absolute Gasteiger partial charge is 0.246 e. The molecule has 1 N–H and O–H groups in total. The van der Waals surface area contributed by atoms with Gasteiger partial charge < -0.3 is 14.6 Å². The first-order valence-electron chi connectivity index (χ1n) is 9.41. The van der Waals surface area contributed by atoms with E-state index in [2.05, 4.69) is 23.3 Å². The van der Waals surface area contributed by atoms with Gasteiger partial charge in [0.2, 0.25) is 5.91 Å². The number of likely N-dealkylation sites (tertiary alicyclic amines) is 1. The number of carbonyl (C=O) groups is 1. The molecule has 1 aliphatic heterocycles. The highest BCUT2D eigenvalue weighted by atomic mass is 16.5. The van der Waals surface area contributed by atoms with E-state index >= 15 is 0 Å². The first-order chi connectivity index (χ1) is 13.2. The van der Waals surface area contributed by atoms with Crippen LogP contribution in [0.25, 0.3) is 17.0 Å². The molecule has 0 bridgehead atoms. The van der Waals surface area contributed by atoms with Gasteiger partial charge in [-0.15, -0.1) is 0 Å². The van der Waals surface area contributed by atoms with E-state index in [0.717, 1.165) is 42.8 Å². The molecule has 1 aliphatic rings. The number of H-pyrrole nitrogens is 1. The molecule has 0 aliphatic carbocycles. The Morgan fingerprint density at radius 1 is 1.15 bits per heavy atom. The van der Waals surface area contributed by atoms with E-state index in [9.17, 15) is 4.79 Å². The first kappa shape index (κ1) is 17.4. The lowest BCUT2D eigenvalue weighted by Crippen LogP contribution is -2.36. The number of nitrogens with one attached hydrogen (secondary N) is 1. The van der Waals surface area contributed by atoms with Crippen LogP contribution >= 0.6 is 0 Å². The Balaban J connectivity index is 1.42. The molecule has 138 valence electrons. The van der Waals surface area contributed by atoms with Gasteiger partial charge in [-0.3, -0.25) is 4.79 Å². The maximum absolute atomic E-state index is 12.5. The third-order valence-corrected chi connectivity index (χ3v) is 5.39. The van der Waals surface area contributed by atoms with E-state index in [4.69, 9.17) is 4.74 Å². The normalized spacial score (nSPS) is 15.5. The van der Waals surface area contributed by atoms with Crippen molar-refractivity contribution in [3.05, 3.63) is 71.9 Å². The number of hydrogen-bond donors (Lipinski definition) is 1. The highest BCUT2D eigenvalue weighted by molar-refractivity contribution is 5.92. The molecule has 0 spiro atoms. The average molecular weight is 360 g/mol. The number of aromatic amines is 1. The summed E-state index contributed by atoms with van der Waals surface area (Å²) in [4.78, 5) is 17.8. The number of carbonyl (C=O) groups excluding carboxylic acids is 1. The number of aromatic nitrogens is 1. The molecule has 4 heteroatoms. The molecule has 0 unspecified atom stereocenters. The van der Waals surface area contributed by atoms with E-state index in [1.165, 1.54) is 10.9 Å². The monoisotopic (exact) mass is 360 g/mol. The summed E-state index contributed by atoms with van der Waals surface area (Å²) < 4.78 is 5.37. The molecule has 4 rings (SSSR count). The maximum atomic E-state index is 12.5. The van der Waals surface area contributed by atoms with Crippen LogP contribution in [0.3, 0.4) is 0 Å². The van der Waals surface area contributed by atoms with Gasteiger partial charge in [0.15, 0.2) is 0 Å². The Labute approximate surface area is 159 Å². The standard InChI is InChI=1S/C23H24N2O2/c1-27-19-8-9-22-20(15-19)21(16-24-22)18-11-13-25(14-12-18)23(26)10-7-17-5-3-2-4-6-17/h2-10,15-16,18,24H,11-14H2,1H3/b10-7+. The Morgan fingerprint density at radius 3 is 2.67 bits per heavy atom. The summed E-state index contributed by atoms with van der Waals surface area (Å²) in [5, 5.41) is 1.23. The number of nitrogens with zero attached hydrogens (tertiary/aromatic N) is 1. The second-order valence-electron chi connectivity index (χ2n) is 7.00. The Hall–Kier alpha value is -3.01. The van der Waals surface area contributed by atoms with Crippen LogP contribution in [0.1, 0.15) is 29.9 Å². The van der Waals surface area contributed by atoms with Gasteiger partial charge in [-0.05, 0) is 54.2 Å². The summed E-state index contributed by atoms with van der Waals surface area (Å²) in [5.74, 6) is 1.44. The molecule has 2 aromatic carbocycles. The quantitative estimate of drug-likeness (QED) is 0.691. The van der Waals surface area contributed by atoms with Crippen molar-refractivity contribution in [2.75, 3.05) is 20.2 Å². The predicted molar refractivity (Wildman–Crippen MR) is 109 cm³/mol. The largest absolute Gasteiger partial charge is 0.497 e. The summed E-state index contributed by atoms with van der Waals surface area (Å²) in [6.07, 6.45) is 7.65. The SMILES string of the molecule is COc1ccc2[nH]cc(C3CCN(C(=O)/C=C/c4ccccc4)CC3)c2c1. The summed E-state index contributed by atoms with van der Waals surface area (Å²) >= 11 is 0. The minimum absolute atomic E-state index is 0.0953. The van der Waals surface area contributed by atoms with Gasteiger partial charge in [0, 0.05) is 36.3 Å². The van der Waals surface area contributed by atoms with Crippen LogP contribution in [0.5, 0.6) is 5.75 Å². The fourth-order valence-electron chi connectivity index (χ4n) is 3.83. The zero-order valence-corrected chi connectivity index (χ0v) is 15.5. The number of piperidine rings is 1. The summed E-state index contributed by atoms with van der Waals surface area (Å²) in [5.41, 5.74) is 3.51. The molecule has 2 heterocycles. The van der Waals surface area contributed by atoms with Crippen molar-refractivity contribution in [2.45, 2.75) is 18.8 Å². The van der Waals surface area contributed by atoms with E-state index in [1.54, 1.807) is 13.2 Å². The number of rotatable bonds is 4. The topological polar surface area (TPSA) is 45.3 Å². The number of fused-ring (bicyclic) bond motifs is 1. The number of ether oxygens (including phenoxy) is 1. The van der Waals surface area contributed by atoms with Crippen molar-refractivity contribution < 1.29 is 9.53 Å². The van der Waals surface area contributed by atoms with Gasteiger partial charge in [0.1, 0.15) is 5.75 Å². The molecule has 4 nitrogen and oxygen atoms in total. The van der Waals surface area contributed by atoms with Crippen LogP contribution in [-0.2, 0) is 4.79 Å². The fraction of sp³-hybridized carbons (Fsp3) is 0.261. The Kier molecular flexibility index (Phi) is 4.97. The molecule has 1 fully saturated rings. The molecule has 27 heavy (non-hydrogen) atoms. The zero-order valence-electron chi connectivity index (χ0n) is 15.5. The summed E-state index contributed by atoms with van der Waals surface area (Å²) in [6, 6.07) is 16.1. The van der Waals surface area contributed by atoms with Gasteiger partial charge in [0.25, 0.3) is 0 Å². The van der Waals surface area contributed by atoms with Crippen molar-refractivity contribution in [1.29, 1.82) is 0 Å². The van der Waals surface area contributed by atoms with Crippen LogP contribution in [-0.4, -0.2) is 36.0 Å². The molecule has 1 saturated heterocycles. The molecular weight excluding hydrogens is 336 g/mol. The number of amides is 1. The molecule has 1 aromatic heterocycles. The second kappa shape index (κ2) is 7.70. The lowest BCUT2D eigenvalue weighted by molar-refractivity contribution is -0.126. The highest BCUT2D eigenvalue weighted by Crippen LogP contribution is 2.34. The molecule has 0 radical (unpaired) electrons. The molecule has 0 atom stereocenters. The van der Waals surface area contributed by atoms with Gasteiger partial charge in [-0.1, -0.05) is 30.3 Å². The lowest BCUT2D eigenvalue weighted by atomic mass is 9.89. The third-order valence-electron chi connectivity index (χ3n) is 5.39. The molecule has 1 amide bonds. The van der Waals surface area contributed by atoms with E-state index in [-0.39, 0.29) is 5.91 Å². The molecular formula is C23H24N2O2. The van der Waals surface area contributed by atoms with Gasteiger partial charge in [0.05, 0.1) is 7.11 Å². The van der Waals surface area contributed by atoms with E-state index in [0.29, 0.717) is 5.92 Å². The van der Waals surface area contributed by atoms with Crippen molar-refractivity contribution in [2.24, 2.45) is 0 Å². The van der Waals surface area contributed by atoms with Gasteiger partial charge >= 0.3 is 0 Å². The van der Waals surface area contributed by atoms with Crippen molar-refractivity contribution >= 4 is 22.9 Å². The van der Waals surface area contributed by atoms with Crippen molar-refractivity contribution in [1.82, 2.24) is 9.88 Å². The second-order valence-corrected chi connectivity index (χ2v) is 7.00. The predicted octanol–water partition coefficient (Wildman–Crippen LogP) is 4.60. The van der Waals surface area contributed by atoms with Gasteiger partial charge in [-0.25, -0.2) is 0 Å². The zero-order chi connectivity index (χ0) is 18.6. The van der Waals surface area contributed by atoms with Crippen LogP contribution in [0.2, 0.25) is 0 Å². The van der Waals surface area contributed by atoms with E-state index < -0.39 is 0 Å². The first-order valence-corrected chi connectivity index (χ1v) is 9.41.